The van der Waals surface area contributed by atoms with E-state index in [2.05, 4.69) is 10.1 Å². The van der Waals surface area contributed by atoms with Crippen LogP contribution in [0.5, 0.6) is 11.5 Å². The third-order valence-corrected chi connectivity index (χ3v) is 6.08. The minimum Gasteiger partial charge on any atom is -0.493 e. The van der Waals surface area contributed by atoms with Gasteiger partial charge in [0.1, 0.15) is 0 Å². The molecule has 0 unspecified atom stereocenters. The lowest BCUT2D eigenvalue weighted by molar-refractivity contribution is -0.384. The molecule has 0 aliphatic rings. The van der Waals surface area contributed by atoms with Crippen LogP contribution in [0.25, 0.3) is 11.4 Å². The number of ether oxygens (including phenoxy) is 2. The van der Waals surface area contributed by atoms with Gasteiger partial charge in [-0.25, -0.2) is 0 Å². The second-order valence-electron chi connectivity index (χ2n) is 8.67. The Balaban J connectivity index is 1.50. The Morgan fingerprint density at radius 3 is 2.42 bits per heavy atom. The number of nitrogens with zero attached hydrogens (tertiary/aromatic N) is 4. The van der Waals surface area contributed by atoms with E-state index in [1.165, 1.54) is 12.1 Å². The second-order valence-corrected chi connectivity index (χ2v) is 8.67. The molecule has 1 heterocycles. The first-order chi connectivity index (χ1) is 18.4. The van der Waals surface area contributed by atoms with Crippen LogP contribution in [-0.2, 0) is 12.8 Å². The molecule has 38 heavy (non-hydrogen) atoms. The molecular formula is C28H28N4O6. The van der Waals surface area contributed by atoms with Gasteiger partial charge in [-0.05, 0) is 43.2 Å². The first kappa shape index (κ1) is 26.3. The largest absolute Gasteiger partial charge is 0.493 e. The first-order valence-corrected chi connectivity index (χ1v) is 12.0. The highest BCUT2D eigenvalue weighted by Crippen LogP contribution is 2.28. The molecule has 1 aromatic heterocycles. The van der Waals surface area contributed by atoms with E-state index in [0.717, 1.165) is 11.1 Å². The number of amides is 1. The third-order valence-electron chi connectivity index (χ3n) is 6.08. The minimum absolute atomic E-state index is 0.0566. The molecule has 3 aromatic carbocycles. The fourth-order valence-electron chi connectivity index (χ4n) is 3.96. The maximum Gasteiger partial charge on any atom is 0.270 e. The van der Waals surface area contributed by atoms with Gasteiger partial charge in [0, 0.05) is 42.8 Å². The molecule has 0 bridgehead atoms. The lowest BCUT2D eigenvalue weighted by atomic mass is 10.1. The average Bonchev–Trinajstić information content (AvgIpc) is 3.42. The van der Waals surface area contributed by atoms with E-state index in [-0.39, 0.29) is 17.4 Å². The van der Waals surface area contributed by atoms with Gasteiger partial charge in [0.25, 0.3) is 11.6 Å². The lowest BCUT2D eigenvalue weighted by Gasteiger charge is -2.22. The number of carbonyl (C=O) groups is 1. The molecule has 0 aliphatic carbocycles. The van der Waals surface area contributed by atoms with Gasteiger partial charge in [-0.2, -0.15) is 4.98 Å². The second kappa shape index (κ2) is 12.0. The molecule has 4 rings (SSSR count). The van der Waals surface area contributed by atoms with Crippen molar-refractivity contribution in [1.82, 2.24) is 15.0 Å². The van der Waals surface area contributed by atoms with Crippen molar-refractivity contribution < 1.29 is 23.7 Å². The Morgan fingerprint density at radius 1 is 0.974 bits per heavy atom. The molecule has 4 aromatic rings. The third kappa shape index (κ3) is 6.33. The fraction of sp³-hybridized carbons (Fsp3) is 0.250. The number of non-ortho nitro benzene ring substituents is 1. The monoisotopic (exact) mass is 516 g/mol. The molecule has 0 saturated carbocycles. The van der Waals surface area contributed by atoms with Crippen molar-refractivity contribution in [3.63, 3.8) is 0 Å². The predicted molar refractivity (Wildman–Crippen MR) is 140 cm³/mol. The molecule has 0 atom stereocenters. The van der Waals surface area contributed by atoms with Crippen molar-refractivity contribution in [3.05, 3.63) is 99.4 Å². The smallest absolute Gasteiger partial charge is 0.270 e. The lowest BCUT2D eigenvalue weighted by Crippen LogP contribution is -2.34. The van der Waals surface area contributed by atoms with Crippen molar-refractivity contribution in [2.75, 3.05) is 27.3 Å². The topological polar surface area (TPSA) is 121 Å². The van der Waals surface area contributed by atoms with Crippen molar-refractivity contribution in [3.8, 4) is 22.9 Å². The van der Waals surface area contributed by atoms with Crippen LogP contribution in [0.2, 0.25) is 0 Å². The van der Waals surface area contributed by atoms with E-state index < -0.39 is 4.92 Å². The number of aryl methyl sites for hydroxylation is 1. The summed E-state index contributed by atoms with van der Waals surface area (Å²) in [5, 5.41) is 15.1. The summed E-state index contributed by atoms with van der Waals surface area (Å²) in [4.78, 5) is 30.2. The summed E-state index contributed by atoms with van der Waals surface area (Å²) in [6.07, 6.45) is 0.923. The summed E-state index contributed by atoms with van der Waals surface area (Å²) in [5.74, 6) is 1.74. The zero-order valence-electron chi connectivity index (χ0n) is 21.4. The SMILES string of the molecule is COc1ccc(CCN(CCc2nc(-c3cccc([N+](=O)[O-])c3)no2)C(=O)c2ccc(C)cc2)cc1OC. The van der Waals surface area contributed by atoms with Crippen LogP contribution in [0.15, 0.2) is 71.3 Å². The Bertz CT molecular complexity index is 1420. The summed E-state index contributed by atoms with van der Waals surface area (Å²) in [5.41, 5.74) is 3.08. The van der Waals surface area contributed by atoms with Crippen LogP contribution in [0.1, 0.15) is 27.4 Å². The number of hydrogen-bond donors (Lipinski definition) is 0. The van der Waals surface area contributed by atoms with Crippen molar-refractivity contribution in [2.45, 2.75) is 19.8 Å². The summed E-state index contributed by atoms with van der Waals surface area (Å²) < 4.78 is 16.1. The van der Waals surface area contributed by atoms with E-state index in [4.69, 9.17) is 14.0 Å². The van der Waals surface area contributed by atoms with Gasteiger partial charge < -0.3 is 18.9 Å². The molecule has 0 spiro atoms. The summed E-state index contributed by atoms with van der Waals surface area (Å²) in [6.45, 7) is 2.77. The van der Waals surface area contributed by atoms with E-state index in [9.17, 15) is 14.9 Å². The number of hydrogen-bond acceptors (Lipinski definition) is 8. The number of benzene rings is 3. The number of nitro benzene ring substituents is 1. The maximum absolute atomic E-state index is 13.4. The molecule has 196 valence electrons. The zero-order valence-corrected chi connectivity index (χ0v) is 21.4. The molecule has 0 N–H and O–H groups in total. The number of methoxy groups -OCH3 is 2. The first-order valence-electron chi connectivity index (χ1n) is 12.0. The molecule has 10 nitrogen and oxygen atoms in total. The van der Waals surface area contributed by atoms with Crippen molar-refractivity contribution in [2.24, 2.45) is 0 Å². The summed E-state index contributed by atoms with van der Waals surface area (Å²) >= 11 is 0. The summed E-state index contributed by atoms with van der Waals surface area (Å²) in [7, 11) is 3.17. The molecule has 1 amide bonds. The maximum atomic E-state index is 13.4. The van der Waals surface area contributed by atoms with Gasteiger partial charge in [0.05, 0.1) is 19.1 Å². The Labute approximate surface area is 220 Å². The molecule has 0 radical (unpaired) electrons. The van der Waals surface area contributed by atoms with Crippen LogP contribution in [0.3, 0.4) is 0 Å². The van der Waals surface area contributed by atoms with E-state index >= 15 is 0 Å². The number of aromatic nitrogens is 2. The van der Waals surface area contributed by atoms with Crippen LogP contribution in [-0.4, -0.2) is 53.2 Å². The van der Waals surface area contributed by atoms with Gasteiger partial charge in [-0.15, -0.1) is 0 Å². The Hall–Kier alpha value is -4.73. The molecule has 0 aliphatic heterocycles. The van der Waals surface area contributed by atoms with Crippen LogP contribution < -0.4 is 9.47 Å². The number of carbonyl (C=O) groups excluding carboxylic acids is 1. The Kier molecular flexibility index (Phi) is 8.32. The van der Waals surface area contributed by atoms with Gasteiger partial charge in [0.2, 0.25) is 11.7 Å². The van der Waals surface area contributed by atoms with Gasteiger partial charge >= 0.3 is 0 Å². The predicted octanol–water partition coefficient (Wildman–Crippen LogP) is 4.90. The Morgan fingerprint density at radius 2 is 1.71 bits per heavy atom. The molecule has 10 heteroatoms. The standard InChI is InChI=1S/C28H28N4O6/c1-19-7-10-21(11-8-19)28(33)31(15-13-20-9-12-24(36-2)25(17-20)37-3)16-14-26-29-27(30-38-26)22-5-4-6-23(18-22)32(34)35/h4-12,17-18H,13-16H2,1-3H3. The molecule has 0 fully saturated rings. The van der Waals surface area contributed by atoms with Crippen molar-refractivity contribution in [1.29, 1.82) is 0 Å². The van der Waals surface area contributed by atoms with Crippen LogP contribution in [0, 0.1) is 17.0 Å². The molecular weight excluding hydrogens is 488 g/mol. The van der Waals surface area contributed by atoms with Crippen LogP contribution >= 0.6 is 0 Å². The fourth-order valence-corrected chi connectivity index (χ4v) is 3.96. The highest BCUT2D eigenvalue weighted by atomic mass is 16.6. The summed E-state index contributed by atoms with van der Waals surface area (Å²) in [6, 6.07) is 19.2. The number of rotatable bonds is 11. The highest BCUT2D eigenvalue weighted by molar-refractivity contribution is 5.94. The van der Waals surface area contributed by atoms with E-state index in [0.29, 0.717) is 54.4 Å². The average molecular weight is 517 g/mol. The number of nitro groups is 1. The quantitative estimate of drug-likeness (QED) is 0.204. The van der Waals surface area contributed by atoms with Crippen LogP contribution in [0.4, 0.5) is 5.69 Å². The normalized spacial score (nSPS) is 10.7. The minimum atomic E-state index is -0.475. The van der Waals surface area contributed by atoms with Gasteiger partial charge in [-0.3, -0.25) is 14.9 Å². The highest BCUT2D eigenvalue weighted by Gasteiger charge is 2.19. The van der Waals surface area contributed by atoms with Gasteiger partial charge in [0.15, 0.2) is 11.5 Å². The zero-order chi connectivity index (χ0) is 27.1. The molecule has 0 saturated heterocycles. The van der Waals surface area contributed by atoms with Gasteiger partial charge in [-0.1, -0.05) is 41.1 Å². The van der Waals surface area contributed by atoms with E-state index in [1.807, 2.05) is 49.4 Å². The van der Waals surface area contributed by atoms with E-state index in [1.54, 1.807) is 31.3 Å². The van der Waals surface area contributed by atoms with Crippen molar-refractivity contribution >= 4 is 11.6 Å².